The predicted octanol–water partition coefficient (Wildman–Crippen LogP) is 2.67. The summed E-state index contributed by atoms with van der Waals surface area (Å²) in [6, 6.07) is 11.8. The van der Waals surface area contributed by atoms with E-state index in [9.17, 15) is 9.59 Å². The van der Waals surface area contributed by atoms with Crippen molar-refractivity contribution in [2.75, 3.05) is 12.4 Å². The molecule has 0 bridgehead atoms. The number of nitrogens with zero attached hydrogens (tertiary/aromatic N) is 2. The van der Waals surface area contributed by atoms with Crippen molar-refractivity contribution in [2.45, 2.75) is 0 Å². The van der Waals surface area contributed by atoms with Gasteiger partial charge in [0.1, 0.15) is 5.52 Å². The lowest BCUT2D eigenvalue weighted by atomic mass is 10.1. The molecule has 23 heavy (non-hydrogen) atoms. The van der Waals surface area contributed by atoms with Crippen LogP contribution in [0.3, 0.4) is 0 Å². The minimum Gasteiger partial charge on any atom is -0.465 e. The molecule has 6 heteroatoms. The number of rotatable bonds is 3. The van der Waals surface area contributed by atoms with Gasteiger partial charge in [-0.1, -0.05) is 12.1 Å². The molecule has 3 aromatic rings. The molecule has 1 aromatic heterocycles. The maximum absolute atomic E-state index is 12.5. The fourth-order valence-corrected chi connectivity index (χ4v) is 2.22. The SMILES string of the molecule is COC(=O)c1cccc(NC(=O)c2cccc3nccnc23)c1. The van der Waals surface area contributed by atoms with Crippen molar-refractivity contribution in [1.29, 1.82) is 0 Å². The highest BCUT2D eigenvalue weighted by molar-refractivity contribution is 6.11. The Hall–Kier alpha value is -3.28. The van der Waals surface area contributed by atoms with Crippen LogP contribution >= 0.6 is 0 Å². The largest absolute Gasteiger partial charge is 0.465 e. The maximum Gasteiger partial charge on any atom is 0.337 e. The summed E-state index contributed by atoms with van der Waals surface area (Å²) < 4.78 is 4.67. The molecule has 0 aliphatic rings. The zero-order valence-corrected chi connectivity index (χ0v) is 12.3. The van der Waals surface area contributed by atoms with Crippen LogP contribution in [0.4, 0.5) is 5.69 Å². The highest BCUT2D eigenvalue weighted by Gasteiger charge is 2.13. The predicted molar refractivity (Wildman–Crippen MR) is 85.3 cm³/mol. The quantitative estimate of drug-likeness (QED) is 0.752. The molecule has 1 heterocycles. The van der Waals surface area contributed by atoms with Gasteiger partial charge in [0.2, 0.25) is 0 Å². The van der Waals surface area contributed by atoms with Crippen LogP contribution in [0.1, 0.15) is 20.7 Å². The van der Waals surface area contributed by atoms with E-state index in [1.807, 2.05) is 0 Å². The number of carbonyl (C=O) groups is 2. The second-order valence-corrected chi connectivity index (χ2v) is 4.76. The number of carbonyl (C=O) groups excluding carboxylic acids is 2. The summed E-state index contributed by atoms with van der Waals surface area (Å²) >= 11 is 0. The maximum atomic E-state index is 12.5. The van der Waals surface area contributed by atoms with E-state index in [4.69, 9.17) is 0 Å². The Morgan fingerprint density at radius 3 is 2.65 bits per heavy atom. The normalized spacial score (nSPS) is 10.3. The second kappa shape index (κ2) is 6.23. The third-order valence-electron chi connectivity index (χ3n) is 3.28. The molecule has 2 aromatic carbocycles. The molecule has 0 aliphatic heterocycles. The van der Waals surface area contributed by atoms with Crippen molar-refractivity contribution in [3.63, 3.8) is 0 Å². The van der Waals surface area contributed by atoms with Gasteiger partial charge in [0.25, 0.3) is 5.91 Å². The number of nitrogens with one attached hydrogen (secondary N) is 1. The van der Waals surface area contributed by atoms with Crippen molar-refractivity contribution in [1.82, 2.24) is 9.97 Å². The molecule has 114 valence electrons. The summed E-state index contributed by atoms with van der Waals surface area (Å²) in [6.45, 7) is 0. The second-order valence-electron chi connectivity index (χ2n) is 4.76. The van der Waals surface area contributed by atoms with Crippen molar-refractivity contribution in [3.8, 4) is 0 Å². The van der Waals surface area contributed by atoms with E-state index >= 15 is 0 Å². The molecular weight excluding hydrogens is 294 g/mol. The van der Waals surface area contributed by atoms with E-state index in [1.54, 1.807) is 48.7 Å². The van der Waals surface area contributed by atoms with E-state index in [0.29, 0.717) is 27.8 Å². The molecule has 0 fully saturated rings. The highest BCUT2D eigenvalue weighted by Crippen LogP contribution is 2.17. The zero-order chi connectivity index (χ0) is 16.2. The standard InChI is InChI=1S/C17H13N3O3/c1-23-17(22)11-4-2-5-12(10-11)20-16(21)13-6-3-7-14-15(13)19-9-8-18-14/h2-10H,1H3,(H,20,21). The first-order chi connectivity index (χ1) is 11.2. The number of para-hydroxylation sites is 1. The van der Waals surface area contributed by atoms with Crippen LogP contribution in [0.2, 0.25) is 0 Å². The van der Waals surface area contributed by atoms with Crippen LogP contribution in [0.15, 0.2) is 54.9 Å². The molecule has 1 amide bonds. The van der Waals surface area contributed by atoms with Gasteiger partial charge in [0.15, 0.2) is 0 Å². The van der Waals surface area contributed by atoms with Crippen LogP contribution in [0, 0.1) is 0 Å². The lowest BCUT2D eigenvalue weighted by Crippen LogP contribution is -2.13. The molecule has 1 N–H and O–H groups in total. The monoisotopic (exact) mass is 307 g/mol. The van der Waals surface area contributed by atoms with Gasteiger partial charge in [-0.2, -0.15) is 0 Å². The average molecular weight is 307 g/mol. The summed E-state index contributed by atoms with van der Waals surface area (Å²) in [5, 5.41) is 2.76. The first-order valence-electron chi connectivity index (χ1n) is 6.88. The van der Waals surface area contributed by atoms with Crippen LogP contribution in [0.25, 0.3) is 11.0 Å². The summed E-state index contributed by atoms with van der Waals surface area (Å²) in [6.07, 6.45) is 3.11. The fraction of sp³-hybridized carbons (Fsp3) is 0.0588. The van der Waals surface area contributed by atoms with Crippen molar-refractivity contribution in [2.24, 2.45) is 0 Å². The molecule has 0 spiro atoms. The van der Waals surface area contributed by atoms with Gasteiger partial charge in [0, 0.05) is 18.1 Å². The van der Waals surface area contributed by atoms with E-state index in [0.717, 1.165) is 0 Å². The Labute approximate surface area is 132 Å². The number of esters is 1. The molecule has 0 unspecified atom stereocenters. The Morgan fingerprint density at radius 2 is 1.83 bits per heavy atom. The van der Waals surface area contributed by atoms with E-state index in [2.05, 4.69) is 20.0 Å². The zero-order valence-electron chi connectivity index (χ0n) is 12.3. The summed E-state index contributed by atoms with van der Waals surface area (Å²) in [5.74, 6) is -0.782. The van der Waals surface area contributed by atoms with Crippen molar-refractivity contribution in [3.05, 3.63) is 66.0 Å². The van der Waals surface area contributed by atoms with Gasteiger partial charge in [-0.05, 0) is 30.3 Å². The molecule has 3 rings (SSSR count). The number of aromatic nitrogens is 2. The lowest BCUT2D eigenvalue weighted by Gasteiger charge is -2.08. The van der Waals surface area contributed by atoms with Gasteiger partial charge in [-0.3, -0.25) is 14.8 Å². The van der Waals surface area contributed by atoms with Gasteiger partial charge in [-0.15, -0.1) is 0 Å². The van der Waals surface area contributed by atoms with Gasteiger partial charge in [0.05, 0.1) is 23.8 Å². The van der Waals surface area contributed by atoms with Crippen molar-refractivity contribution < 1.29 is 14.3 Å². The number of anilines is 1. The van der Waals surface area contributed by atoms with Crippen LogP contribution in [0.5, 0.6) is 0 Å². The number of benzene rings is 2. The first-order valence-corrected chi connectivity index (χ1v) is 6.88. The van der Waals surface area contributed by atoms with Gasteiger partial charge in [-0.25, -0.2) is 4.79 Å². The third-order valence-corrected chi connectivity index (χ3v) is 3.28. The average Bonchev–Trinajstić information content (AvgIpc) is 2.60. The molecule has 0 atom stereocenters. The Bertz CT molecular complexity index is 888. The van der Waals surface area contributed by atoms with Gasteiger partial charge < -0.3 is 10.1 Å². The van der Waals surface area contributed by atoms with Crippen LogP contribution in [-0.4, -0.2) is 29.0 Å². The van der Waals surface area contributed by atoms with Crippen molar-refractivity contribution >= 4 is 28.6 Å². The molecule has 6 nitrogen and oxygen atoms in total. The molecule has 0 radical (unpaired) electrons. The van der Waals surface area contributed by atoms with Crippen LogP contribution in [-0.2, 0) is 4.74 Å². The smallest absolute Gasteiger partial charge is 0.337 e. The van der Waals surface area contributed by atoms with E-state index in [-0.39, 0.29) is 5.91 Å². The number of amides is 1. The number of fused-ring (bicyclic) bond motifs is 1. The topological polar surface area (TPSA) is 81.2 Å². The van der Waals surface area contributed by atoms with Crippen LogP contribution < -0.4 is 5.32 Å². The number of hydrogen-bond donors (Lipinski definition) is 1. The minimum absolute atomic E-state index is 0.321. The summed E-state index contributed by atoms with van der Waals surface area (Å²) in [7, 11) is 1.31. The summed E-state index contributed by atoms with van der Waals surface area (Å²) in [4.78, 5) is 32.4. The van der Waals surface area contributed by atoms with E-state index < -0.39 is 5.97 Å². The molecular formula is C17H13N3O3. The lowest BCUT2D eigenvalue weighted by molar-refractivity contribution is 0.0600. The van der Waals surface area contributed by atoms with Gasteiger partial charge >= 0.3 is 5.97 Å². The number of ether oxygens (including phenoxy) is 1. The molecule has 0 saturated heterocycles. The highest BCUT2D eigenvalue weighted by atomic mass is 16.5. The number of methoxy groups -OCH3 is 1. The Morgan fingerprint density at radius 1 is 1.04 bits per heavy atom. The number of hydrogen-bond acceptors (Lipinski definition) is 5. The summed E-state index contributed by atoms with van der Waals surface area (Å²) in [5.41, 5.74) is 2.45. The molecule has 0 aliphatic carbocycles. The molecule has 0 saturated carbocycles. The third kappa shape index (κ3) is 3.01. The fourth-order valence-electron chi connectivity index (χ4n) is 2.22. The minimum atomic E-state index is -0.461. The van der Waals surface area contributed by atoms with E-state index in [1.165, 1.54) is 13.3 Å². The first kappa shape index (κ1) is 14.6. The Kier molecular flexibility index (Phi) is 3.97. The Balaban J connectivity index is 1.91.